The number of imidazole rings is 1. The van der Waals surface area contributed by atoms with Crippen molar-refractivity contribution in [3.63, 3.8) is 0 Å². The molecule has 0 saturated heterocycles. The number of allylic oxidation sites excluding steroid dienone is 1. The summed E-state index contributed by atoms with van der Waals surface area (Å²) in [6, 6.07) is 5.62. The maximum absolute atomic E-state index is 6.32. The number of nitrogens with zero attached hydrogens (tertiary/aromatic N) is 2. The second-order valence-electron chi connectivity index (χ2n) is 4.53. The van der Waals surface area contributed by atoms with E-state index in [2.05, 4.69) is 25.0 Å². The van der Waals surface area contributed by atoms with Crippen molar-refractivity contribution in [2.75, 3.05) is 0 Å². The molecule has 100 valence electrons. The Hall–Kier alpha value is -1.25. The molecular weight excluding hydrogens is 279 g/mol. The Balaban J connectivity index is 2.49. The molecule has 2 nitrogen and oxygen atoms in total. The van der Waals surface area contributed by atoms with Crippen molar-refractivity contribution in [3.05, 3.63) is 52.5 Å². The Morgan fingerprint density at radius 3 is 2.79 bits per heavy atom. The molecule has 1 atom stereocenters. The van der Waals surface area contributed by atoms with Crippen LogP contribution in [0.4, 0.5) is 0 Å². The summed E-state index contributed by atoms with van der Waals surface area (Å²) in [4.78, 5) is 4.05. The largest absolute Gasteiger partial charge is 0.313 e. The van der Waals surface area contributed by atoms with Crippen molar-refractivity contribution in [2.45, 2.75) is 20.3 Å². The van der Waals surface area contributed by atoms with Gasteiger partial charge in [-0.2, -0.15) is 0 Å². The van der Waals surface area contributed by atoms with Gasteiger partial charge in [0.2, 0.25) is 0 Å². The van der Waals surface area contributed by atoms with Crippen LogP contribution in [0.1, 0.15) is 25.8 Å². The van der Waals surface area contributed by atoms with Gasteiger partial charge in [-0.15, -0.1) is 0 Å². The van der Waals surface area contributed by atoms with E-state index in [1.165, 1.54) is 5.57 Å². The monoisotopic (exact) mass is 294 g/mol. The molecule has 2 rings (SSSR count). The smallest absolute Gasteiger partial charge is 0.0986 e. The van der Waals surface area contributed by atoms with Crippen LogP contribution in [-0.2, 0) is 0 Å². The van der Waals surface area contributed by atoms with Gasteiger partial charge in [0.25, 0.3) is 0 Å². The molecule has 1 unspecified atom stereocenters. The highest BCUT2D eigenvalue weighted by molar-refractivity contribution is 6.35. The molecule has 19 heavy (non-hydrogen) atoms. The maximum atomic E-state index is 6.32. The van der Waals surface area contributed by atoms with Gasteiger partial charge in [-0.05, 0) is 35.6 Å². The minimum Gasteiger partial charge on any atom is -0.313 e. The van der Waals surface area contributed by atoms with Gasteiger partial charge >= 0.3 is 0 Å². The van der Waals surface area contributed by atoms with Crippen LogP contribution in [-0.4, -0.2) is 9.55 Å². The lowest BCUT2D eigenvalue weighted by Gasteiger charge is -2.16. The Morgan fingerprint density at radius 2 is 2.21 bits per heavy atom. The molecule has 0 aliphatic rings. The normalized spacial score (nSPS) is 13.6. The average molecular weight is 295 g/mol. The second kappa shape index (κ2) is 6.27. The second-order valence-corrected chi connectivity index (χ2v) is 5.37. The Labute approximate surface area is 123 Å². The standard InChI is InChI=1S/C15H16Cl2N2/c1-3-11(2)14(9-19-7-6-18-10-19)13-5-4-12(16)8-15(13)17/h4-11H,3H2,1-2H3/b14-9+. The zero-order valence-corrected chi connectivity index (χ0v) is 12.5. The third-order valence-electron chi connectivity index (χ3n) is 3.20. The van der Waals surface area contributed by atoms with E-state index >= 15 is 0 Å². The van der Waals surface area contributed by atoms with Crippen LogP contribution < -0.4 is 0 Å². The van der Waals surface area contributed by atoms with E-state index in [-0.39, 0.29) is 0 Å². The Kier molecular flexibility index (Phi) is 4.67. The first-order valence-corrected chi connectivity index (χ1v) is 7.02. The minimum absolute atomic E-state index is 0.404. The van der Waals surface area contributed by atoms with Gasteiger partial charge in [-0.25, -0.2) is 4.98 Å². The Morgan fingerprint density at radius 1 is 1.42 bits per heavy atom. The number of aromatic nitrogens is 2. The highest BCUT2D eigenvalue weighted by Crippen LogP contribution is 2.33. The molecule has 0 saturated carbocycles. The molecule has 1 heterocycles. The number of benzene rings is 1. The van der Waals surface area contributed by atoms with E-state index in [0.717, 1.165) is 12.0 Å². The summed E-state index contributed by atoms with van der Waals surface area (Å²) in [5.41, 5.74) is 2.20. The zero-order chi connectivity index (χ0) is 13.8. The molecular formula is C15H16Cl2N2. The fraction of sp³-hybridized carbons (Fsp3) is 0.267. The first-order valence-electron chi connectivity index (χ1n) is 6.26. The first-order chi connectivity index (χ1) is 9.11. The summed E-state index contributed by atoms with van der Waals surface area (Å²) in [7, 11) is 0. The van der Waals surface area contributed by atoms with E-state index in [1.54, 1.807) is 18.6 Å². The van der Waals surface area contributed by atoms with Crippen LogP contribution in [0.15, 0.2) is 36.9 Å². The Bertz CT molecular complexity index is 574. The van der Waals surface area contributed by atoms with Gasteiger partial charge < -0.3 is 4.57 Å². The first kappa shape index (κ1) is 14.2. The van der Waals surface area contributed by atoms with Crippen LogP contribution in [0, 0.1) is 5.92 Å². The van der Waals surface area contributed by atoms with Crippen LogP contribution >= 0.6 is 23.2 Å². The molecule has 2 aromatic rings. The number of hydrogen-bond donors (Lipinski definition) is 0. The lowest BCUT2D eigenvalue weighted by molar-refractivity contribution is 0.718. The summed E-state index contributed by atoms with van der Waals surface area (Å²) >= 11 is 12.3. The van der Waals surface area contributed by atoms with Gasteiger partial charge in [0, 0.05) is 28.6 Å². The van der Waals surface area contributed by atoms with Crippen LogP contribution in [0.3, 0.4) is 0 Å². The van der Waals surface area contributed by atoms with E-state index < -0.39 is 0 Å². The third-order valence-corrected chi connectivity index (χ3v) is 3.75. The van der Waals surface area contributed by atoms with E-state index in [1.807, 2.05) is 22.9 Å². The fourth-order valence-corrected chi connectivity index (χ4v) is 2.43. The highest BCUT2D eigenvalue weighted by atomic mass is 35.5. The van der Waals surface area contributed by atoms with Crippen molar-refractivity contribution in [2.24, 2.45) is 5.92 Å². The summed E-state index contributed by atoms with van der Waals surface area (Å²) < 4.78 is 1.94. The summed E-state index contributed by atoms with van der Waals surface area (Å²) in [5, 5.41) is 1.33. The number of halogens is 2. The maximum Gasteiger partial charge on any atom is 0.0986 e. The fourth-order valence-electron chi connectivity index (χ4n) is 1.91. The van der Waals surface area contributed by atoms with E-state index in [9.17, 15) is 0 Å². The molecule has 0 aliphatic heterocycles. The number of rotatable bonds is 4. The quantitative estimate of drug-likeness (QED) is 0.754. The number of hydrogen-bond acceptors (Lipinski definition) is 1. The molecule has 0 amide bonds. The molecule has 1 aromatic carbocycles. The molecule has 4 heteroatoms. The van der Waals surface area contributed by atoms with Gasteiger partial charge in [0.1, 0.15) is 0 Å². The van der Waals surface area contributed by atoms with Crippen molar-refractivity contribution >= 4 is 35.0 Å². The van der Waals surface area contributed by atoms with Crippen LogP contribution in [0.2, 0.25) is 10.0 Å². The molecule has 0 radical (unpaired) electrons. The molecule has 0 spiro atoms. The lowest BCUT2D eigenvalue weighted by Crippen LogP contribution is -2.00. The predicted molar refractivity (Wildman–Crippen MR) is 82.3 cm³/mol. The zero-order valence-electron chi connectivity index (χ0n) is 11.0. The topological polar surface area (TPSA) is 17.8 Å². The SMILES string of the molecule is CCC(C)/C(=C\n1ccnc1)c1ccc(Cl)cc1Cl. The molecule has 0 fully saturated rings. The third kappa shape index (κ3) is 3.40. The predicted octanol–water partition coefficient (Wildman–Crippen LogP) is 5.23. The molecule has 0 N–H and O–H groups in total. The van der Waals surface area contributed by atoms with Gasteiger partial charge in [0.15, 0.2) is 0 Å². The molecule has 0 bridgehead atoms. The van der Waals surface area contributed by atoms with Gasteiger partial charge in [-0.3, -0.25) is 0 Å². The van der Waals surface area contributed by atoms with Crippen molar-refractivity contribution in [1.82, 2.24) is 9.55 Å². The molecule has 0 aliphatic carbocycles. The van der Waals surface area contributed by atoms with Crippen molar-refractivity contribution in [1.29, 1.82) is 0 Å². The van der Waals surface area contributed by atoms with Crippen LogP contribution in [0.25, 0.3) is 11.8 Å². The average Bonchev–Trinajstić information content (AvgIpc) is 2.89. The van der Waals surface area contributed by atoms with Crippen molar-refractivity contribution in [3.8, 4) is 0 Å². The summed E-state index contributed by atoms with van der Waals surface area (Å²) in [6.07, 6.45) is 8.54. The van der Waals surface area contributed by atoms with E-state index in [4.69, 9.17) is 23.2 Å². The van der Waals surface area contributed by atoms with Crippen LogP contribution in [0.5, 0.6) is 0 Å². The lowest BCUT2D eigenvalue weighted by atomic mass is 9.92. The van der Waals surface area contributed by atoms with Gasteiger partial charge in [-0.1, -0.05) is 43.1 Å². The summed E-state index contributed by atoms with van der Waals surface area (Å²) in [6.45, 7) is 4.35. The van der Waals surface area contributed by atoms with E-state index in [0.29, 0.717) is 16.0 Å². The van der Waals surface area contributed by atoms with Gasteiger partial charge in [0.05, 0.1) is 6.33 Å². The molecule has 1 aromatic heterocycles. The van der Waals surface area contributed by atoms with Crippen molar-refractivity contribution < 1.29 is 0 Å². The highest BCUT2D eigenvalue weighted by Gasteiger charge is 2.13. The summed E-state index contributed by atoms with van der Waals surface area (Å²) in [5.74, 6) is 0.404. The minimum atomic E-state index is 0.404.